The van der Waals surface area contributed by atoms with Crippen molar-refractivity contribution in [3.05, 3.63) is 40.0 Å². The third-order valence-corrected chi connectivity index (χ3v) is 3.30. The molecule has 0 unspecified atom stereocenters. The zero-order valence-corrected chi connectivity index (χ0v) is 16.1. The van der Waals surface area contributed by atoms with Crippen molar-refractivity contribution in [2.45, 2.75) is 19.6 Å². The molecular weight excluding hydrogens is 381 g/mol. The monoisotopic (exact) mass is 392 g/mol. The first kappa shape index (κ1) is 22.1. The summed E-state index contributed by atoms with van der Waals surface area (Å²) in [5.41, 5.74) is 4.68. The Balaban J connectivity index is -0.000000563. The van der Waals surface area contributed by atoms with Gasteiger partial charge >= 0.3 is 0 Å². The van der Waals surface area contributed by atoms with E-state index in [0.717, 1.165) is 4.47 Å². The van der Waals surface area contributed by atoms with Crippen molar-refractivity contribution in [3.8, 4) is 0 Å². The zero-order valence-electron chi connectivity index (χ0n) is 9.60. The average molecular weight is 395 g/mol. The Morgan fingerprint density at radius 2 is 1.62 bits per heavy atom. The first-order chi connectivity index (χ1) is 5.99. The molecule has 1 rings (SSSR count). The first-order valence-corrected chi connectivity index (χ1v) is 8.64. The van der Waals surface area contributed by atoms with Crippen molar-refractivity contribution in [3.63, 3.8) is 0 Å². The summed E-state index contributed by atoms with van der Waals surface area (Å²) in [7, 11) is -1.19. The Labute approximate surface area is 133 Å². The molecule has 1 aromatic rings. The van der Waals surface area contributed by atoms with Crippen LogP contribution in [0.4, 0.5) is 0 Å². The van der Waals surface area contributed by atoms with Crippen LogP contribution in [0.15, 0.2) is 28.7 Å². The molecule has 88 valence electrons. The van der Waals surface area contributed by atoms with Crippen molar-refractivity contribution in [1.82, 2.24) is 0 Å². The summed E-state index contributed by atoms with van der Waals surface area (Å²) in [6.07, 6.45) is 2.09. The quantitative estimate of drug-likeness (QED) is 0.498. The van der Waals surface area contributed by atoms with Gasteiger partial charge in [0.1, 0.15) is 0 Å². The SMILES string of the molecule is C[Si](C)(C)[C]=Cc1ccccc1Br.[Cl-].[Cl-].[Ga]. The van der Waals surface area contributed by atoms with Crippen LogP contribution in [0, 0.1) is 5.70 Å². The molecule has 0 spiro atoms. The Hall–Kier alpha value is 0.873. The van der Waals surface area contributed by atoms with E-state index >= 15 is 0 Å². The van der Waals surface area contributed by atoms with Crippen molar-refractivity contribution in [2.24, 2.45) is 0 Å². The molecular formula is C11H14BrCl2GaSi-2. The van der Waals surface area contributed by atoms with Gasteiger partial charge in [-0.15, -0.1) is 0 Å². The van der Waals surface area contributed by atoms with Crippen LogP contribution in [0.2, 0.25) is 19.6 Å². The fraction of sp³-hybridized carbons (Fsp3) is 0.273. The molecule has 0 atom stereocenters. The molecule has 0 aromatic heterocycles. The van der Waals surface area contributed by atoms with Crippen LogP contribution in [-0.2, 0) is 0 Å². The minimum absolute atomic E-state index is 0. The van der Waals surface area contributed by atoms with E-state index in [1.54, 1.807) is 0 Å². The van der Waals surface area contributed by atoms with Crippen molar-refractivity contribution in [2.75, 3.05) is 0 Å². The number of hydrogen-bond donors (Lipinski definition) is 0. The second-order valence-corrected chi connectivity index (χ2v) is 9.70. The van der Waals surface area contributed by atoms with Crippen LogP contribution >= 0.6 is 15.9 Å². The summed E-state index contributed by atoms with van der Waals surface area (Å²) in [4.78, 5) is 0. The Bertz CT molecular complexity index is 324. The summed E-state index contributed by atoms with van der Waals surface area (Å²) in [6.45, 7) is 6.83. The van der Waals surface area contributed by atoms with Gasteiger partial charge in [-0.3, -0.25) is 0 Å². The summed E-state index contributed by atoms with van der Waals surface area (Å²) < 4.78 is 1.14. The van der Waals surface area contributed by atoms with Crippen LogP contribution in [0.1, 0.15) is 5.56 Å². The van der Waals surface area contributed by atoms with E-state index in [1.165, 1.54) is 5.56 Å². The maximum atomic E-state index is 3.51. The minimum atomic E-state index is -1.19. The van der Waals surface area contributed by atoms with E-state index in [-0.39, 0.29) is 44.6 Å². The summed E-state index contributed by atoms with van der Waals surface area (Å²) in [6, 6.07) is 8.22. The van der Waals surface area contributed by atoms with Crippen molar-refractivity contribution in [1.29, 1.82) is 0 Å². The van der Waals surface area contributed by atoms with Gasteiger partial charge in [0, 0.05) is 24.3 Å². The standard InChI is InChI=1S/C11H14BrSi.2ClH.Ga/c1-13(2,3)9-8-10-6-4-5-7-11(10)12;;;/h4-8H,1-3H3;2*1H;/p-2. The molecule has 0 bridgehead atoms. The van der Waals surface area contributed by atoms with Crippen LogP contribution in [0.5, 0.6) is 0 Å². The smallest absolute Gasteiger partial charge is 0.0774 e. The second-order valence-electron chi connectivity index (χ2n) is 4.06. The predicted octanol–water partition coefficient (Wildman–Crippen LogP) is -2.23. The molecule has 0 aliphatic heterocycles. The van der Waals surface area contributed by atoms with Gasteiger partial charge in [-0.2, -0.15) is 0 Å². The van der Waals surface area contributed by atoms with Gasteiger partial charge in [-0.25, -0.2) is 0 Å². The predicted molar refractivity (Wildman–Crippen MR) is 70.9 cm³/mol. The minimum Gasteiger partial charge on any atom is -1.00 e. The third kappa shape index (κ3) is 8.96. The molecule has 4 radical (unpaired) electrons. The fourth-order valence-electron chi connectivity index (χ4n) is 0.886. The molecule has 5 heteroatoms. The topological polar surface area (TPSA) is 0 Å². The average Bonchev–Trinajstić information content (AvgIpc) is 2.01. The van der Waals surface area contributed by atoms with Crippen LogP contribution in [-0.4, -0.2) is 27.9 Å². The first-order valence-electron chi connectivity index (χ1n) is 4.34. The van der Waals surface area contributed by atoms with Crippen molar-refractivity contribution >= 4 is 49.9 Å². The maximum absolute atomic E-state index is 3.51. The molecule has 0 saturated carbocycles. The van der Waals surface area contributed by atoms with Gasteiger partial charge in [-0.05, 0) is 11.6 Å². The van der Waals surface area contributed by atoms with E-state index in [2.05, 4.69) is 59.5 Å². The van der Waals surface area contributed by atoms with Crippen LogP contribution in [0.3, 0.4) is 0 Å². The number of rotatable bonds is 2. The van der Waals surface area contributed by atoms with Gasteiger partial charge in [0.25, 0.3) is 0 Å². The van der Waals surface area contributed by atoms with E-state index in [0.29, 0.717) is 0 Å². The molecule has 1 aromatic carbocycles. The number of hydrogen-bond acceptors (Lipinski definition) is 0. The van der Waals surface area contributed by atoms with Gasteiger partial charge in [0.15, 0.2) is 0 Å². The maximum Gasteiger partial charge on any atom is 0.0774 e. The zero-order chi connectivity index (χ0) is 9.90. The molecule has 0 N–H and O–H groups in total. The summed E-state index contributed by atoms with van der Waals surface area (Å²) in [5, 5.41) is 0. The Morgan fingerprint density at radius 3 is 2.06 bits per heavy atom. The number of benzene rings is 1. The number of halogens is 3. The fourth-order valence-corrected chi connectivity index (χ4v) is 1.87. The summed E-state index contributed by atoms with van der Waals surface area (Å²) >= 11 is 3.51. The molecule has 0 heterocycles. The molecule has 0 saturated heterocycles. The van der Waals surface area contributed by atoms with E-state index in [4.69, 9.17) is 0 Å². The molecule has 0 amide bonds. The molecule has 16 heavy (non-hydrogen) atoms. The van der Waals surface area contributed by atoms with Crippen molar-refractivity contribution < 1.29 is 24.8 Å². The largest absolute Gasteiger partial charge is 1.00 e. The van der Waals surface area contributed by atoms with E-state index in [1.807, 2.05) is 12.1 Å². The second kappa shape index (κ2) is 9.86. The molecule has 0 aliphatic carbocycles. The molecule has 0 aliphatic rings. The Morgan fingerprint density at radius 1 is 1.12 bits per heavy atom. The van der Waals surface area contributed by atoms with E-state index in [9.17, 15) is 0 Å². The summed E-state index contributed by atoms with van der Waals surface area (Å²) in [5.74, 6) is 0. The van der Waals surface area contributed by atoms with Gasteiger partial charge in [0.2, 0.25) is 0 Å². The molecule has 0 fully saturated rings. The van der Waals surface area contributed by atoms with Gasteiger partial charge in [-0.1, -0.05) is 65.5 Å². The Kier molecular flexibility index (Phi) is 13.6. The van der Waals surface area contributed by atoms with Crippen LogP contribution in [0.25, 0.3) is 6.08 Å². The van der Waals surface area contributed by atoms with Gasteiger partial charge in [0.05, 0.1) is 8.07 Å². The normalized spacial score (nSPS) is 10.0. The van der Waals surface area contributed by atoms with Gasteiger partial charge < -0.3 is 24.8 Å². The van der Waals surface area contributed by atoms with Crippen LogP contribution < -0.4 is 24.8 Å². The molecule has 0 nitrogen and oxygen atoms in total. The van der Waals surface area contributed by atoms with E-state index < -0.39 is 8.07 Å². The third-order valence-electron chi connectivity index (χ3n) is 1.57.